The Labute approximate surface area is 184 Å². The summed E-state index contributed by atoms with van der Waals surface area (Å²) in [5, 5.41) is 14.4. The van der Waals surface area contributed by atoms with Crippen LogP contribution in [0.15, 0.2) is 79.1 Å². The molecule has 0 bridgehead atoms. The fraction of sp³-hybridized carbons (Fsp3) is 0.125. The number of para-hydroxylation sites is 2. The molecule has 0 fully saturated rings. The first-order chi connectivity index (χ1) is 15.7. The molecule has 0 aliphatic heterocycles. The molecule has 2 aromatic heterocycles. The van der Waals surface area contributed by atoms with E-state index in [0.29, 0.717) is 12.0 Å². The Kier molecular flexibility index (Phi) is 5.17. The van der Waals surface area contributed by atoms with Crippen LogP contribution in [0.1, 0.15) is 33.4 Å². The number of aromatic nitrogens is 6. The molecule has 8 heteroatoms. The molecule has 0 unspecified atom stereocenters. The van der Waals surface area contributed by atoms with Crippen molar-refractivity contribution < 1.29 is 4.79 Å². The first kappa shape index (κ1) is 19.6. The van der Waals surface area contributed by atoms with Gasteiger partial charge in [0.25, 0.3) is 5.91 Å². The summed E-state index contributed by atoms with van der Waals surface area (Å²) in [4.78, 5) is 21.3. The van der Waals surface area contributed by atoms with Crippen LogP contribution in [0.2, 0.25) is 0 Å². The second-order valence-corrected chi connectivity index (χ2v) is 7.61. The molecule has 0 radical (unpaired) electrons. The summed E-state index contributed by atoms with van der Waals surface area (Å²) in [6.07, 6.45) is 2.15. The van der Waals surface area contributed by atoms with Gasteiger partial charge in [0.15, 0.2) is 0 Å². The van der Waals surface area contributed by atoms with Gasteiger partial charge in [-0.1, -0.05) is 42.5 Å². The van der Waals surface area contributed by atoms with E-state index < -0.39 is 0 Å². The van der Waals surface area contributed by atoms with Crippen LogP contribution in [0, 0.1) is 6.92 Å². The Morgan fingerprint density at radius 3 is 2.62 bits per heavy atom. The van der Waals surface area contributed by atoms with Crippen LogP contribution < -0.4 is 5.32 Å². The van der Waals surface area contributed by atoms with Gasteiger partial charge in [-0.3, -0.25) is 4.79 Å². The van der Waals surface area contributed by atoms with Crippen LogP contribution in [0.25, 0.3) is 16.7 Å². The van der Waals surface area contributed by atoms with E-state index in [1.54, 1.807) is 10.7 Å². The number of imidazole rings is 1. The molecule has 2 N–H and O–H groups in total. The fourth-order valence-electron chi connectivity index (χ4n) is 3.77. The molecule has 0 aliphatic rings. The van der Waals surface area contributed by atoms with Gasteiger partial charge < -0.3 is 10.3 Å². The number of fused-ring (bicyclic) bond motifs is 1. The summed E-state index contributed by atoms with van der Waals surface area (Å²) in [5.74, 6) is 0.559. The highest BCUT2D eigenvalue weighted by Gasteiger charge is 2.20. The molecule has 1 amide bonds. The van der Waals surface area contributed by atoms with Gasteiger partial charge in [-0.2, -0.15) is 0 Å². The highest BCUT2D eigenvalue weighted by Crippen LogP contribution is 2.21. The van der Waals surface area contributed by atoms with Gasteiger partial charge in [0.1, 0.15) is 12.2 Å². The minimum absolute atomic E-state index is 0.169. The molecule has 0 spiro atoms. The molecule has 8 nitrogen and oxygen atoms in total. The number of nitrogens with one attached hydrogen (secondary N) is 2. The molecule has 5 aromatic rings. The number of hydrogen-bond donors (Lipinski definition) is 2. The maximum absolute atomic E-state index is 13.2. The zero-order chi connectivity index (χ0) is 21.9. The molecule has 5 rings (SSSR count). The van der Waals surface area contributed by atoms with Crippen LogP contribution in [0.3, 0.4) is 0 Å². The standard InChI is InChI=1S/C24H21N7O/c1-16-13-18(11-12-22(16)31-15-25-29-30-31)24(32)28-21(14-17-7-3-2-4-8-17)23-26-19-9-5-6-10-20(19)27-23/h2-13,15,21H,14H2,1H3,(H,26,27)(H,28,32)/t21-/m0/s1. The Morgan fingerprint density at radius 1 is 1.06 bits per heavy atom. The second kappa shape index (κ2) is 8.43. The van der Waals surface area contributed by atoms with Gasteiger partial charge in [-0.25, -0.2) is 9.67 Å². The summed E-state index contributed by atoms with van der Waals surface area (Å²) in [6.45, 7) is 1.93. The Balaban J connectivity index is 1.44. The summed E-state index contributed by atoms with van der Waals surface area (Å²) >= 11 is 0. The maximum Gasteiger partial charge on any atom is 0.251 e. The van der Waals surface area contributed by atoms with Crippen molar-refractivity contribution in [2.45, 2.75) is 19.4 Å². The number of carbonyl (C=O) groups excluding carboxylic acids is 1. The normalized spacial score (nSPS) is 12.0. The first-order valence-corrected chi connectivity index (χ1v) is 10.3. The van der Waals surface area contributed by atoms with Crippen LogP contribution in [-0.2, 0) is 6.42 Å². The van der Waals surface area contributed by atoms with Gasteiger partial charge in [-0.15, -0.1) is 5.10 Å². The molecule has 1 atom stereocenters. The van der Waals surface area contributed by atoms with Crippen molar-refractivity contribution in [1.29, 1.82) is 0 Å². The first-order valence-electron chi connectivity index (χ1n) is 10.3. The van der Waals surface area contributed by atoms with E-state index in [9.17, 15) is 4.79 Å². The average Bonchev–Trinajstić information content (AvgIpc) is 3.49. The molecule has 0 saturated heterocycles. The molecule has 158 valence electrons. The van der Waals surface area contributed by atoms with Crippen LogP contribution in [0.5, 0.6) is 0 Å². The van der Waals surface area contributed by atoms with Crippen molar-refractivity contribution in [2.75, 3.05) is 0 Å². The number of benzene rings is 3. The molecule has 0 aliphatic carbocycles. The molecule has 2 heterocycles. The van der Waals surface area contributed by atoms with Crippen molar-refractivity contribution in [3.63, 3.8) is 0 Å². The smallest absolute Gasteiger partial charge is 0.251 e. The minimum Gasteiger partial charge on any atom is -0.342 e. The van der Waals surface area contributed by atoms with Gasteiger partial charge in [0.05, 0.1) is 22.8 Å². The maximum atomic E-state index is 13.2. The Hall–Kier alpha value is -4.33. The van der Waals surface area contributed by atoms with Gasteiger partial charge >= 0.3 is 0 Å². The summed E-state index contributed by atoms with van der Waals surface area (Å²) in [5.41, 5.74) is 5.21. The number of aryl methyl sites for hydroxylation is 1. The predicted octanol–water partition coefficient (Wildman–Crippen LogP) is 3.56. The number of H-pyrrole nitrogens is 1. The van der Waals surface area contributed by atoms with E-state index >= 15 is 0 Å². The molecular formula is C24H21N7O. The summed E-state index contributed by atoms with van der Waals surface area (Å²) in [7, 11) is 0. The quantitative estimate of drug-likeness (QED) is 0.435. The number of amides is 1. The van der Waals surface area contributed by atoms with E-state index in [0.717, 1.165) is 33.7 Å². The van der Waals surface area contributed by atoms with Gasteiger partial charge in [-0.05, 0) is 65.2 Å². The zero-order valence-corrected chi connectivity index (χ0v) is 17.4. The molecule has 0 saturated carbocycles. The van der Waals surface area contributed by atoms with Crippen LogP contribution >= 0.6 is 0 Å². The third kappa shape index (κ3) is 3.98. The summed E-state index contributed by atoms with van der Waals surface area (Å²) < 4.78 is 1.57. The lowest BCUT2D eigenvalue weighted by Gasteiger charge is -2.17. The number of hydrogen-bond acceptors (Lipinski definition) is 5. The monoisotopic (exact) mass is 423 g/mol. The molecule has 32 heavy (non-hydrogen) atoms. The summed E-state index contributed by atoms with van der Waals surface area (Å²) in [6, 6.07) is 23.1. The highest BCUT2D eigenvalue weighted by atomic mass is 16.1. The van der Waals surface area contributed by atoms with E-state index in [1.165, 1.54) is 6.33 Å². The SMILES string of the molecule is Cc1cc(C(=O)N[C@@H](Cc2ccccc2)c2nc3ccccc3[nH]2)ccc1-n1cnnn1. The fourth-order valence-corrected chi connectivity index (χ4v) is 3.77. The third-order valence-electron chi connectivity index (χ3n) is 5.38. The van der Waals surface area contributed by atoms with Crippen molar-refractivity contribution >= 4 is 16.9 Å². The Morgan fingerprint density at radius 2 is 1.88 bits per heavy atom. The average molecular weight is 423 g/mol. The minimum atomic E-state index is -0.309. The van der Waals surface area contributed by atoms with E-state index in [2.05, 4.69) is 25.8 Å². The highest BCUT2D eigenvalue weighted by molar-refractivity contribution is 5.95. The zero-order valence-electron chi connectivity index (χ0n) is 17.4. The van der Waals surface area contributed by atoms with Crippen molar-refractivity contribution in [3.8, 4) is 5.69 Å². The lowest BCUT2D eigenvalue weighted by Crippen LogP contribution is -2.30. The number of tetrazole rings is 1. The van der Waals surface area contributed by atoms with E-state index in [4.69, 9.17) is 4.98 Å². The van der Waals surface area contributed by atoms with E-state index in [1.807, 2.05) is 73.7 Å². The molecule has 3 aromatic carbocycles. The van der Waals surface area contributed by atoms with Crippen molar-refractivity contribution in [1.82, 2.24) is 35.5 Å². The van der Waals surface area contributed by atoms with Crippen LogP contribution in [0.4, 0.5) is 0 Å². The third-order valence-corrected chi connectivity index (χ3v) is 5.38. The van der Waals surface area contributed by atoms with Crippen LogP contribution in [-0.4, -0.2) is 36.1 Å². The van der Waals surface area contributed by atoms with Gasteiger partial charge in [0, 0.05) is 5.56 Å². The predicted molar refractivity (Wildman–Crippen MR) is 120 cm³/mol. The lowest BCUT2D eigenvalue weighted by molar-refractivity contribution is 0.0935. The number of carbonyl (C=O) groups is 1. The topological polar surface area (TPSA) is 101 Å². The van der Waals surface area contributed by atoms with Crippen molar-refractivity contribution in [3.05, 3.63) is 102 Å². The Bertz CT molecular complexity index is 1330. The number of aromatic amines is 1. The number of nitrogens with zero attached hydrogens (tertiary/aromatic N) is 5. The van der Waals surface area contributed by atoms with Gasteiger partial charge in [0.2, 0.25) is 0 Å². The second-order valence-electron chi connectivity index (χ2n) is 7.61. The number of rotatable bonds is 6. The molecular weight excluding hydrogens is 402 g/mol. The lowest BCUT2D eigenvalue weighted by atomic mass is 10.0. The largest absolute Gasteiger partial charge is 0.342 e. The van der Waals surface area contributed by atoms with Crippen molar-refractivity contribution in [2.24, 2.45) is 0 Å². The van der Waals surface area contributed by atoms with E-state index in [-0.39, 0.29) is 11.9 Å².